The lowest BCUT2D eigenvalue weighted by Crippen LogP contribution is -2.18. The lowest BCUT2D eigenvalue weighted by Gasteiger charge is -2.06. The van der Waals surface area contributed by atoms with Gasteiger partial charge in [0.25, 0.3) is 5.91 Å². The van der Waals surface area contributed by atoms with Crippen LogP contribution in [0.25, 0.3) is 11.5 Å². The first-order chi connectivity index (χ1) is 12.7. The SMILES string of the molecule is COCC(=O)Nc1cccc(C(=O)Nc2nnc(-c3ccccc3)o2)c1. The predicted molar refractivity (Wildman–Crippen MR) is 94.6 cm³/mol. The molecular weight excluding hydrogens is 336 g/mol. The summed E-state index contributed by atoms with van der Waals surface area (Å²) < 4.78 is 10.2. The minimum absolute atomic E-state index is 0.0114. The first-order valence-corrected chi connectivity index (χ1v) is 7.75. The van der Waals surface area contributed by atoms with E-state index in [0.717, 1.165) is 5.56 Å². The van der Waals surface area contributed by atoms with Crippen LogP contribution in [0.2, 0.25) is 0 Å². The summed E-state index contributed by atoms with van der Waals surface area (Å²) in [6, 6.07) is 15.7. The van der Waals surface area contributed by atoms with E-state index in [1.807, 2.05) is 30.3 Å². The quantitative estimate of drug-likeness (QED) is 0.706. The molecule has 0 unspecified atom stereocenters. The van der Waals surface area contributed by atoms with Crippen LogP contribution in [-0.2, 0) is 9.53 Å². The number of rotatable bonds is 6. The van der Waals surface area contributed by atoms with Crippen LogP contribution in [0.1, 0.15) is 10.4 Å². The van der Waals surface area contributed by atoms with Crippen molar-refractivity contribution in [3.05, 3.63) is 60.2 Å². The van der Waals surface area contributed by atoms with E-state index in [1.54, 1.807) is 18.2 Å². The molecule has 3 rings (SSSR count). The Labute approximate surface area is 149 Å². The molecule has 0 saturated heterocycles. The third kappa shape index (κ3) is 4.31. The molecule has 0 saturated carbocycles. The van der Waals surface area contributed by atoms with E-state index in [2.05, 4.69) is 20.8 Å². The number of benzene rings is 2. The zero-order valence-electron chi connectivity index (χ0n) is 13.9. The van der Waals surface area contributed by atoms with E-state index in [9.17, 15) is 9.59 Å². The summed E-state index contributed by atoms with van der Waals surface area (Å²) in [6.07, 6.45) is 0. The van der Waals surface area contributed by atoms with Gasteiger partial charge in [0.15, 0.2) is 0 Å². The normalized spacial score (nSPS) is 10.3. The third-order valence-corrected chi connectivity index (χ3v) is 3.35. The highest BCUT2D eigenvalue weighted by atomic mass is 16.5. The molecule has 0 radical (unpaired) electrons. The minimum Gasteiger partial charge on any atom is -0.403 e. The lowest BCUT2D eigenvalue weighted by molar-refractivity contribution is -0.119. The van der Waals surface area contributed by atoms with Crippen molar-refractivity contribution in [1.82, 2.24) is 10.2 Å². The molecule has 8 nitrogen and oxygen atoms in total. The number of nitrogens with one attached hydrogen (secondary N) is 2. The molecule has 2 N–H and O–H groups in total. The topological polar surface area (TPSA) is 106 Å². The van der Waals surface area contributed by atoms with Crippen molar-refractivity contribution in [3.8, 4) is 11.5 Å². The van der Waals surface area contributed by atoms with Gasteiger partial charge in [0, 0.05) is 23.9 Å². The number of anilines is 2. The molecule has 3 aromatic rings. The summed E-state index contributed by atoms with van der Waals surface area (Å²) in [6.45, 7) is -0.0688. The molecule has 8 heteroatoms. The van der Waals surface area contributed by atoms with Gasteiger partial charge in [0.05, 0.1) is 0 Å². The molecule has 0 spiro atoms. The van der Waals surface area contributed by atoms with Gasteiger partial charge in [-0.3, -0.25) is 14.9 Å². The van der Waals surface area contributed by atoms with Crippen LogP contribution in [0.4, 0.5) is 11.7 Å². The zero-order valence-corrected chi connectivity index (χ0v) is 13.9. The van der Waals surface area contributed by atoms with Crippen LogP contribution in [-0.4, -0.2) is 35.7 Å². The Morgan fingerprint density at radius 1 is 1.04 bits per heavy atom. The maximum absolute atomic E-state index is 12.3. The van der Waals surface area contributed by atoms with Crippen molar-refractivity contribution >= 4 is 23.5 Å². The molecule has 0 bridgehead atoms. The fraction of sp³-hybridized carbons (Fsp3) is 0.111. The van der Waals surface area contributed by atoms with Crippen molar-refractivity contribution in [1.29, 1.82) is 0 Å². The average molecular weight is 352 g/mol. The van der Waals surface area contributed by atoms with Gasteiger partial charge in [-0.2, -0.15) is 0 Å². The molecule has 2 amide bonds. The number of aromatic nitrogens is 2. The minimum atomic E-state index is -0.434. The number of hydrogen-bond acceptors (Lipinski definition) is 6. The molecule has 0 aliphatic rings. The van der Waals surface area contributed by atoms with Gasteiger partial charge in [0.1, 0.15) is 6.61 Å². The second kappa shape index (κ2) is 8.04. The Bertz CT molecular complexity index is 908. The van der Waals surface area contributed by atoms with Crippen molar-refractivity contribution < 1.29 is 18.7 Å². The van der Waals surface area contributed by atoms with Gasteiger partial charge in [-0.05, 0) is 30.3 Å². The smallest absolute Gasteiger partial charge is 0.322 e. The van der Waals surface area contributed by atoms with Crippen LogP contribution >= 0.6 is 0 Å². The van der Waals surface area contributed by atoms with Gasteiger partial charge >= 0.3 is 6.01 Å². The van der Waals surface area contributed by atoms with Crippen molar-refractivity contribution in [2.24, 2.45) is 0 Å². The highest BCUT2D eigenvalue weighted by Crippen LogP contribution is 2.20. The highest BCUT2D eigenvalue weighted by molar-refractivity contribution is 6.04. The molecule has 0 aliphatic heterocycles. The third-order valence-electron chi connectivity index (χ3n) is 3.35. The molecule has 132 valence electrons. The number of carbonyl (C=O) groups excluding carboxylic acids is 2. The average Bonchev–Trinajstić information content (AvgIpc) is 3.11. The van der Waals surface area contributed by atoms with Crippen LogP contribution < -0.4 is 10.6 Å². The molecule has 2 aromatic carbocycles. The number of amides is 2. The number of ether oxygens (including phenoxy) is 1. The molecule has 0 aliphatic carbocycles. The van der Waals surface area contributed by atoms with Crippen molar-refractivity contribution in [2.45, 2.75) is 0 Å². The van der Waals surface area contributed by atoms with Gasteiger partial charge in [-0.15, -0.1) is 5.10 Å². The van der Waals surface area contributed by atoms with Gasteiger partial charge < -0.3 is 14.5 Å². The Balaban J connectivity index is 1.69. The van der Waals surface area contributed by atoms with Crippen LogP contribution in [0.5, 0.6) is 0 Å². The highest BCUT2D eigenvalue weighted by Gasteiger charge is 2.13. The second-order valence-electron chi connectivity index (χ2n) is 5.29. The van der Waals surface area contributed by atoms with Crippen LogP contribution in [0.3, 0.4) is 0 Å². The standard InChI is InChI=1S/C18H16N4O4/c1-25-11-15(23)19-14-9-5-8-13(10-14)16(24)20-18-22-21-17(26-18)12-6-3-2-4-7-12/h2-10H,11H2,1H3,(H,19,23)(H,20,22,24). The van der Waals surface area contributed by atoms with E-state index in [0.29, 0.717) is 17.1 Å². The molecule has 0 atom stereocenters. The van der Waals surface area contributed by atoms with Gasteiger partial charge in [-0.25, -0.2) is 0 Å². The molecular formula is C18H16N4O4. The summed E-state index contributed by atoms with van der Waals surface area (Å²) in [5.74, 6) is -0.438. The summed E-state index contributed by atoms with van der Waals surface area (Å²) in [5, 5.41) is 12.9. The van der Waals surface area contributed by atoms with E-state index in [4.69, 9.17) is 9.15 Å². The van der Waals surface area contributed by atoms with Gasteiger partial charge in [0.2, 0.25) is 11.8 Å². The lowest BCUT2D eigenvalue weighted by atomic mass is 10.2. The largest absolute Gasteiger partial charge is 0.403 e. The van der Waals surface area contributed by atoms with Crippen LogP contribution in [0, 0.1) is 0 Å². The van der Waals surface area contributed by atoms with Gasteiger partial charge in [-0.1, -0.05) is 29.4 Å². The maximum atomic E-state index is 12.3. The van der Waals surface area contributed by atoms with E-state index < -0.39 is 5.91 Å². The summed E-state index contributed by atoms with van der Waals surface area (Å²) >= 11 is 0. The summed E-state index contributed by atoms with van der Waals surface area (Å²) in [7, 11) is 1.43. The fourth-order valence-corrected chi connectivity index (χ4v) is 2.21. The Hall–Kier alpha value is -3.52. The number of carbonyl (C=O) groups is 2. The molecule has 26 heavy (non-hydrogen) atoms. The van der Waals surface area contributed by atoms with E-state index in [1.165, 1.54) is 13.2 Å². The Morgan fingerprint density at radius 2 is 1.85 bits per heavy atom. The van der Waals surface area contributed by atoms with Crippen molar-refractivity contribution in [3.63, 3.8) is 0 Å². The molecule has 0 fully saturated rings. The fourth-order valence-electron chi connectivity index (χ4n) is 2.21. The predicted octanol–water partition coefficient (Wildman–Crippen LogP) is 2.57. The number of nitrogens with zero attached hydrogens (tertiary/aromatic N) is 2. The monoisotopic (exact) mass is 352 g/mol. The van der Waals surface area contributed by atoms with Crippen LogP contribution in [0.15, 0.2) is 59.0 Å². The molecule has 1 aromatic heterocycles. The summed E-state index contributed by atoms with van der Waals surface area (Å²) in [4.78, 5) is 23.9. The van der Waals surface area contributed by atoms with E-state index >= 15 is 0 Å². The number of hydrogen-bond donors (Lipinski definition) is 2. The summed E-state index contributed by atoms with van der Waals surface area (Å²) in [5.41, 5.74) is 1.57. The first-order valence-electron chi connectivity index (χ1n) is 7.75. The Kier molecular flexibility index (Phi) is 5.35. The molecule has 1 heterocycles. The Morgan fingerprint density at radius 3 is 2.62 bits per heavy atom. The van der Waals surface area contributed by atoms with Crippen molar-refractivity contribution in [2.75, 3.05) is 24.4 Å². The van der Waals surface area contributed by atoms with E-state index in [-0.39, 0.29) is 18.5 Å². The number of methoxy groups -OCH3 is 1. The second-order valence-corrected chi connectivity index (χ2v) is 5.29. The first kappa shape index (κ1) is 17.3. The maximum Gasteiger partial charge on any atom is 0.322 e. The zero-order chi connectivity index (χ0) is 18.4.